The van der Waals surface area contributed by atoms with Crippen LogP contribution in [0.5, 0.6) is 0 Å². The Kier molecular flexibility index (Phi) is 3.02. The van der Waals surface area contributed by atoms with E-state index in [4.69, 9.17) is 0 Å². The maximum absolute atomic E-state index is 12.6. The first-order valence-corrected chi connectivity index (χ1v) is 6.41. The van der Waals surface area contributed by atoms with Crippen molar-refractivity contribution in [2.24, 2.45) is 0 Å². The molecule has 0 radical (unpaired) electrons. The first-order chi connectivity index (χ1) is 10.1. The van der Waals surface area contributed by atoms with E-state index in [0.29, 0.717) is 16.5 Å². The van der Waals surface area contributed by atoms with Crippen LogP contribution in [0.1, 0.15) is 26.4 Å². The summed E-state index contributed by atoms with van der Waals surface area (Å²) in [5, 5.41) is 13.6. The lowest BCUT2D eigenvalue weighted by molar-refractivity contribution is 0.0691. The van der Waals surface area contributed by atoms with Gasteiger partial charge in [0.05, 0.1) is 5.52 Å². The zero-order valence-electron chi connectivity index (χ0n) is 11.3. The van der Waals surface area contributed by atoms with Gasteiger partial charge in [0.1, 0.15) is 0 Å². The highest BCUT2D eigenvalue weighted by Crippen LogP contribution is 2.20. The van der Waals surface area contributed by atoms with Crippen molar-refractivity contribution in [2.45, 2.75) is 6.92 Å². The molecule has 0 fully saturated rings. The van der Waals surface area contributed by atoms with E-state index in [1.807, 2.05) is 19.1 Å². The topological polar surface area (TPSA) is 72.2 Å². The quantitative estimate of drug-likeness (QED) is 0.783. The molecule has 21 heavy (non-hydrogen) atoms. The van der Waals surface area contributed by atoms with Crippen molar-refractivity contribution in [2.75, 3.05) is 0 Å². The fraction of sp³-hybridized carbons (Fsp3) is 0.0625. The predicted molar refractivity (Wildman–Crippen MR) is 77.6 cm³/mol. The summed E-state index contributed by atoms with van der Waals surface area (Å²) in [6.07, 6.45) is 0. The van der Waals surface area contributed by atoms with Crippen LogP contribution >= 0.6 is 0 Å². The molecule has 0 saturated carbocycles. The van der Waals surface area contributed by atoms with Crippen molar-refractivity contribution in [3.05, 3.63) is 65.4 Å². The lowest BCUT2D eigenvalue weighted by atomic mass is 10.1. The fourth-order valence-corrected chi connectivity index (χ4v) is 2.31. The van der Waals surface area contributed by atoms with Gasteiger partial charge in [-0.05, 0) is 24.6 Å². The number of rotatable bonds is 2. The molecule has 1 N–H and O–H groups in total. The summed E-state index contributed by atoms with van der Waals surface area (Å²) in [6.45, 7) is 1.83. The molecule has 5 heteroatoms. The molecule has 0 spiro atoms. The zero-order valence-corrected chi connectivity index (χ0v) is 11.3. The number of aromatic carboxylic acids is 1. The minimum Gasteiger partial charge on any atom is -0.476 e. The average molecular weight is 280 g/mol. The van der Waals surface area contributed by atoms with Gasteiger partial charge in [0.2, 0.25) is 0 Å². The molecule has 0 bridgehead atoms. The summed E-state index contributed by atoms with van der Waals surface area (Å²) in [4.78, 5) is 23.9. The molecule has 0 aliphatic carbocycles. The van der Waals surface area contributed by atoms with Gasteiger partial charge in [-0.1, -0.05) is 36.4 Å². The van der Waals surface area contributed by atoms with Crippen molar-refractivity contribution < 1.29 is 14.7 Å². The van der Waals surface area contributed by atoms with E-state index in [1.54, 1.807) is 36.4 Å². The van der Waals surface area contributed by atoms with Gasteiger partial charge in [-0.15, -0.1) is 0 Å². The second-order valence-corrected chi connectivity index (χ2v) is 4.70. The molecule has 0 amide bonds. The third kappa shape index (κ3) is 2.08. The molecule has 3 aromatic rings. The van der Waals surface area contributed by atoms with Crippen LogP contribution in [0, 0.1) is 6.92 Å². The second kappa shape index (κ2) is 4.86. The summed E-state index contributed by atoms with van der Waals surface area (Å²) in [6, 6.07) is 13.9. The SMILES string of the molecule is Cc1ccccc1C(=O)n1nc(C(=O)O)c2ccccc21. The van der Waals surface area contributed by atoms with Crippen LogP contribution in [0.25, 0.3) is 10.9 Å². The highest BCUT2D eigenvalue weighted by molar-refractivity contribution is 6.07. The second-order valence-electron chi connectivity index (χ2n) is 4.70. The zero-order chi connectivity index (χ0) is 15.0. The van der Waals surface area contributed by atoms with E-state index in [-0.39, 0.29) is 11.6 Å². The number of aromatic nitrogens is 2. The number of hydrogen-bond donors (Lipinski definition) is 1. The maximum Gasteiger partial charge on any atom is 0.357 e. The molecule has 1 heterocycles. The van der Waals surface area contributed by atoms with Crippen LogP contribution in [-0.4, -0.2) is 26.8 Å². The van der Waals surface area contributed by atoms with Gasteiger partial charge in [-0.25, -0.2) is 4.79 Å². The van der Waals surface area contributed by atoms with Crippen LogP contribution in [0.2, 0.25) is 0 Å². The Hall–Kier alpha value is -2.95. The minimum atomic E-state index is -1.15. The molecule has 3 rings (SSSR count). The number of fused-ring (bicyclic) bond motifs is 1. The Labute approximate surface area is 120 Å². The summed E-state index contributed by atoms with van der Waals surface area (Å²) >= 11 is 0. The molecular formula is C16H12N2O3. The molecule has 0 saturated heterocycles. The number of carbonyl (C=O) groups is 2. The molecule has 0 aliphatic rings. The van der Waals surface area contributed by atoms with Gasteiger partial charge in [0.25, 0.3) is 5.91 Å². The number of aryl methyl sites for hydroxylation is 1. The van der Waals surface area contributed by atoms with Crippen LogP contribution in [0.15, 0.2) is 48.5 Å². The molecule has 0 unspecified atom stereocenters. The average Bonchev–Trinajstić information content (AvgIpc) is 2.87. The number of hydrogen-bond acceptors (Lipinski definition) is 3. The highest BCUT2D eigenvalue weighted by atomic mass is 16.4. The third-order valence-corrected chi connectivity index (χ3v) is 3.36. The number of carbonyl (C=O) groups excluding carboxylic acids is 1. The van der Waals surface area contributed by atoms with Gasteiger partial charge in [0, 0.05) is 10.9 Å². The summed E-state index contributed by atoms with van der Waals surface area (Å²) in [7, 11) is 0. The van der Waals surface area contributed by atoms with Gasteiger partial charge < -0.3 is 5.11 Å². The number of para-hydroxylation sites is 1. The summed E-state index contributed by atoms with van der Waals surface area (Å²) < 4.78 is 1.15. The molecule has 2 aromatic carbocycles. The first kappa shape index (κ1) is 13.1. The molecule has 104 valence electrons. The van der Waals surface area contributed by atoms with Crippen molar-refractivity contribution >= 4 is 22.8 Å². The Morgan fingerprint density at radius 2 is 1.71 bits per heavy atom. The molecule has 1 aromatic heterocycles. The van der Waals surface area contributed by atoms with Gasteiger partial charge in [0.15, 0.2) is 5.69 Å². The monoisotopic (exact) mass is 280 g/mol. The predicted octanol–water partition coefficient (Wildman–Crippen LogP) is 2.73. The van der Waals surface area contributed by atoms with E-state index in [9.17, 15) is 14.7 Å². The van der Waals surface area contributed by atoms with Gasteiger partial charge in [-0.2, -0.15) is 9.78 Å². The van der Waals surface area contributed by atoms with Gasteiger partial charge >= 0.3 is 5.97 Å². The molecule has 0 atom stereocenters. The smallest absolute Gasteiger partial charge is 0.357 e. The Balaban J connectivity index is 2.24. The maximum atomic E-state index is 12.6. The lowest BCUT2D eigenvalue weighted by Gasteiger charge is -2.05. The van der Waals surface area contributed by atoms with Gasteiger partial charge in [-0.3, -0.25) is 4.79 Å². The third-order valence-electron chi connectivity index (χ3n) is 3.36. The molecular weight excluding hydrogens is 268 g/mol. The van der Waals surface area contributed by atoms with E-state index in [2.05, 4.69) is 5.10 Å². The van der Waals surface area contributed by atoms with Crippen molar-refractivity contribution in [1.82, 2.24) is 9.78 Å². The molecule has 5 nitrogen and oxygen atoms in total. The summed E-state index contributed by atoms with van der Waals surface area (Å²) in [5.74, 6) is -1.49. The van der Waals surface area contributed by atoms with Crippen molar-refractivity contribution in [1.29, 1.82) is 0 Å². The van der Waals surface area contributed by atoms with Crippen molar-refractivity contribution in [3.63, 3.8) is 0 Å². The first-order valence-electron chi connectivity index (χ1n) is 6.41. The van der Waals surface area contributed by atoms with Crippen LogP contribution in [-0.2, 0) is 0 Å². The number of benzene rings is 2. The minimum absolute atomic E-state index is 0.118. The van der Waals surface area contributed by atoms with E-state index in [0.717, 1.165) is 10.2 Å². The number of nitrogens with zero attached hydrogens (tertiary/aromatic N) is 2. The van der Waals surface area contributed by atoms with Crippen LogP contribution < -0.4 is 0 Å². The van der Waals surface area contributed by atoms with E-state index in [1.165, 1.54) is 0 Å². The highest BCUT2D eigenvalue weighted by Gasteiger charge is 2.21. The van der Waals surface area contributed by atoms with Crippen LogP contribution in [0.3, 0.4) is 0 Å². The fourth-order valence-electron chi connectivity index (χ4n) is 2.31. The normalized spacial score (nSPS) is 10.7. The number of carboxylic acids is 1. The largest absolute Gasteiger partial charge is 0.476 e. The Morgan fingerprint density at radius 1 is 1.05 bits per heavy atom. The van der Waals surface area contributed by atoms with E-state index < -0.39 is 5.97 Å². The molecule has 0 aliphatic heterocycles. The number of carboxylic acid groups (broad SMARTS) is 1. The van der Waals surface area contributed by atoms with Crippen LogP contribution in [0.4, 0.5) is 0 Å². The Bertz CT molecular complexity index is 865. The lowest BCUT2D eigenvalue weighted by Crippen LogP contribution is -2.15. The Morgan fingerprint density at radius 3 is 2.43 bits per heavy atom. The van der Waals surface area contributed by atoms with Crippen molar-refractivity contribution in [3.8, 4) is 0 Å². The summed E-state index contributed by atoms with van der Waals surface area (Å²) in [5.41, 5.74) is 1.69. The van der Waals surface area contributed by atoms with E-state index >= 15 is 0 Å². The standard InChI is InChI=1S/C16H12N2O3/c1-10-6-2-3-7-11(10)15(19)18-13-9-5-4-8-12(13)14(17-18)16(20)21/h2-9H,1H3,(H,20,21).